The molecule has 0 spiro atoms. The first-order valence-electron chi connectivity index (χ1n) is 9.05. The number of hydrogen-bond acceptors (Lipinski definition) is 4. The summed E-state index contributed by atoms with van der Waals surface area (Å²) in [6.45, 7) is 4.46. The third kappa shape index (κ3) is 5.72. The van der Waals surface area contributed by atoms with Crippen LogP contribution in [0.4, 0.5) is 0 Å². The highest BCUT2D eigenvalue weighted by atomic mass is 16.5. The van der Waals surface area contributed by atoms with Crippen LogP contribution in [0.3, 0.4) is 0 Å². The molecule has 0 atom stereocenters. The van der Waals surface area contributed by atoms with Crippen LogP contribution in [0.25, 0.3) is 6.08 Å². The summed E-state index contributed by atoms with van der Waals surface area (Å²) >= 11 is 0. The summed E-state index contributed by atoms with van der Waals surface area (Å²) < 4.78 is 11.7. The molecule has 0 N–H and O–H groups in total. The van der Waals surface area contributed by atoms with Crippen molar-refractivity contribution in [3.8, 4) is 17.6 Å². The highest BCUT2D eigenvalue weighted by Gasteiger charge is 2.15. The summed E-state index contributed by atoms with van der Waals surface area (Å²) in [5, 5.41) is 8.86. The smallest absolute Gasteiger partial charge is 0.138 e. The number of nitriles is 1. The van der Waals surface area contributed by atoms with Crippen molar-refractivity contribution in [3.63, 3.8) is 0 Å². The molecule has 0 aliphatic carbocycles. The van der Waals surface area contributed by atoms with Gasteiger partial charge in [-0.1, -0.05) is 30.3 Å². The molecule has 1 heterocycles. The Labute approximate surface area is 165 Å². The zero-order valence-electron chi connectivity index (χ0n) is 16.0. The van der Waals surface area contributed by atoms with Gasteiger partial charge in [0.15, 0.2) is 0 Å². The fraction of sp³-hybridized carbons (Fsp3) is 0.167. The molecule has 0 bridgehead atoms. The summed E-state index contributed by atoms with van der Waals surface area (Å²) in [4.78, 5) is 4.42. The number of benzene rings is 2. The minimum atomic E-state index is -0.516. The first kappa shape index (κ1) is 19.2. The molecular weight excluding hydrogens is 348 g/mol. The SMILES string of the molecule is CC(C)(/C=C/c1ccc(OCc2ccccc2)cn1)Oc1ccc(C#N)cc1. The Balaban J connectivity index is 1.57. The molecule has 2 aromatic carbocycles. The van der Waals surface area contributed by atoms with Gasteiger partial charge in [0.2, 0.25) is 0 Å². The predicted molar refractivity (Wildman–Crippen MR) is 110 cm³/mol. The van der Waals surface area contributed by atoms with E-state index in [-0.39, 0.29) is 0 Å². The van der Waals surface area contributed by atoms with Gasteiger partial charge in [0, 0.05) is 0 Å². The van der Waals surface area contributed by atoms with Crippen LogP contribution in [-0.2, 0) is 6.61 Å². The highest BCUT2D eigenvalue weighted by Crippen LogP contribution is 2.21. The largest absolute Gasteiger partial charge is 0.487 e. The molecule has 3 rings (SSSR count). The lowest BCUT2D eigenvalue weighted by molar-refractivity contribution is 0.163. The molecule has 1 aromatic heterocycles. The van der Waals surface area contributed by atoms with Crippen LogP contribution in [0.5, 0.6) is 11.5 Å². The molecule has 0 radical (unpaired) electrons. The zero-order chi connectivity index (χ0) is 19.8. The molecular formula is C24H22N2O2. The molecule has 28 heavy (non-hydrogen) atoms. The Hall–Kier alpha value is -3.58. The van der Waals surface area contributed by atoms with Gasteiger partial charge in [-0.25, -0.2) is 0 Å². The van der Waals surface area contributed by atoms with Crippen molar-refractivity contribution in [2.24, 2.45) is 0 Å². The van der Waals surface area contributed by atoms with E-state index in [0.29, 0.717) is 17.9 Å². The summed E-state index contributed by atoms with van der Waals surface area (Å²) in [6, 6.07) is 23.0. The van der Waals surface area contributed by atoms with E-state index in [2.05, 4.69) is 11.1 Å². The summed E-state index contributed by atoms with van der Waals surface area (Å²) in [5.74, 6) is 1.44. The van der Waals surface area contributed by atoms with Crippen molar-refractivity contribution in [1.82, 2.24) is 4.98 Å². The number of nitrogens with zero attached hydrogens (tertiary/aromatic N) is 2. The Morgan fingerprint density at radius 3 is 2.32 bits per heavy atom. The average molecular weight is 370 g/mol. The maximum absolute atomic E-state index is 8.86. The maximum Gasteiger partial charge on any atom is 0.138 e. The van der Waals surface area contributed by atoms with E-state index < -0.39 is 5.60 Å². The standard InChI is InChI=1S/C24H22N2O2/c1-24(2,28-22-11-8-19(16-25)9-12-22)15-14-21-10-13-23(17-26-21)27-18-20-6-4-3-5-7-20/h3-15,17H,18H2,1-2H3/b15-14+. The number of hydrogen-bond donors (Lipinski definition) is 0. The first-order valence-corrected chi connectivity index (χ1v) is 9.05. The van der Waals surface area contributed by atoms with Crippen molar-refractivity contribution >= 4 is 6.08 Å². The summed E-state index contributed by atoms with van der Waals surface area (Å²) in [5.41, 5.74) is 2.04. The lowest BCUT2D eigenvalue weighted by Gasteiger charge is -2.22. The van der Waals surface area contributed by atoms with Crippen molar-refractivity contribution in [2.45, 2.75) is 26.1 Å². The lowest BCUT2D eigenvalue weighted by Crippen LogP contribution is -2.25. The Kier molecular flexibility index (Phi) is 6.08. The Morgan fingerprint density at radius 2 is 1.68 bits per heavy atom. The first-order chi connectivity index (χ1) is 13.5. The number of rotatable bonds is 7. The van der Waals surface area contributed by atoms with Gasteiger partial charge >= 0.3 is 0 Å². The van der Waals surface area contributed by atoms with Crippen molar-refractivity contribution in [2.75, 3.05) is 0 Å². The van der Waals surface area contributed by atoms with Gasteiger partial charge in [0.05, 0.1) is 23.5 Å². The van der Waals surface area contributed by atoms with E-state index in [9.17, 15) is 0 Å². The van der Waals surface area contributed by atoms with Gasteiger partial charge in [0.25, 0.3) is 0 Å². The van der Waals surface area contributed by atoms with Crippen LogP contribution < -0.4 is 9.47 Å². The van der Waals surface area contributed by atoms with Crippen molar-refractivity contribution in [1.29, 1.82) is 5.26 Å². The van der Waals surface area contributed by atoms with E-state index >= 15 is 0 Å². The summed E-state index contributed by atoms with van der Waals surface area (Å²) in [6.07, 6.45) is 5.60. The zero-order valence-corrected chi connectivity index (χ0v) is 16.0. The van der Waals surface area contributed by atoms with Gasteiger partial charge in [-0.15, -0.1) is 0 Å². The lowest BCUT2D eigenvalue weighted by atomic mass is 10.1. The van der Waals surface area contributed by atoms with Crippen molar-refractivity contribution in [3.05, 3.63) is 95.8 Å². The molecule has 0 aliphatic rings. The van der Waals surface area contributed by atoms with Gasteiger partial charge in [-0.05, 0) is 68.0 Å². The highest BCUT2D eigenvalue weighted by molar-refractivity contribution is 5.47. The monoisotopic (exact) mass is 370 g/mol. The third-order valence-corrected chi connectivity index (χ3v) is 4.03. The quantitative estimate of drug-likeness (QED) is 0.558. The number of ether oxygens (including phenoxy) is 2. The van der Waals surface area contributed by atoms with Gasteiger partial charge in [-0.2, -0.15) is 5.26 Å². The maximum atomic E-state index is 8.86. The van der Waals surface area contributed by atoms with E-state index in [0.717, 1.165) is 17.0 Å². The molecule has 140 valence electrons. The van der Waals surface area contributed by atoms with Crippen molar-refractivity contribution < 1.29 is 9.47 Å². The van der Waals surface area contributed by atoms with Crippen LogP contribution in [0.15, 0.2) is 79.0 Å². The minimum absolute atomic E-state index is 0.516. The van der Waals surface area contributed by atoms with E-state index in [1.165, 1.54) is 0 Å². The third-order valence-electron chi connectivity index (χ3n) is 4.03. The van der Waals surface area contributed by atoms with Crippen LogP contribution in [0.2, 0.25) is 0 Å². The molecule has 0 saturated carbocycles. The molecule has 0 aliphatic heterocycles. The second-order valence-corrected chi connectivity index (χ2v) is 6.87. The predicted octanol–water partition coefficient (Wildman–Crippen LogP) is 5.40. The molecule has 0 fully saturated rings. The van der Waals surface area contributed by atoms with Gasteiger partial charge < -0.3 is 9.47 Å². The van der Waals surface area contributed by atoms with E-state index in [1.54, 1.807) is 30.5 Å². The normalized spacial score (nSPS) is 11.2. The molecule has 0 amide bonds. The fourth-order valence-corrected chi connectivity index (χ4v) is 2.54. The number of aromatic nitrogens is 1. The second kappa shape index (κ2) is 8.88. The minimum Gasteiger partial charge on any atom is -0.487 e. The van der Waals surface area contributed by atoms with Crippen LogP contribution in [0.1, 0.15) is 30.7 Å². The molecule has 0 unspecified atom stereocenters. The molecule has 3 aromatic rings. The molecule has 0 saturated heterocycles. The van der Waals surface area contributed by atoms with Gasteiger partial charge in [-0.3, -0.25) is 4.98 Å². The van der Waals surface area contributed by atoms with Gasteiger partial charge in [0.1, 0.15) is 23.7 Å². The Bertz CT molecular complexity index is 954. The molecule has 4 heteroatoms. The van der Waals surface area contributed by atoms with Crippen LogP contribution >= 0.6 is 0 Å². The van der Waals surface area contributed by atoms with E-state index in [4.69, 9.17) is 14.7 Å². The summed E-state index contributed by atoms with van der Waals surface area (Å²) in [7, 11) is 0. The molecule has 4 nitrogen and oxygen atoms in total. The van der Waals surface area contributed by atoms with E-state index in [1.807, 2.05) is 68.5 Å². The average Bonchev–Trinajstić information content (AvgIpc) is 2.73. The van der Waals surface area contributed by atoms with Crippen LogP contribution in [0, 0.1) is 11.3 Å². The Morgan fingerprint density at radius 1 is 0.964 bits per heavy atom. The van der Waals surface area contributed by atoms with Crippen LogP contribution in [-0.4, -0.2) is 10.6 Å². The fourth-order valence-electron chi connectivity index (χ4n) is 2.54. The topological polar surface area (TPSA) is 55.1 Å². The number of pyridine rings is 1. The second-order valence-electron chi connectivity index (χ2n) is 6.87.